The van der Waals surface area contributed by atoms with E-state index in [1.54, 1.807) is 6.33 Å². The molecule has 144 valence electrons. The molecular formula is C20H27N5O2. The first-order valence-corrected chi connectivity index (χ1v) is 9.89. The Kier molecular flexibility index (Phi) is 5.79. The Bertz CT molecular complexity index is 785. The number of carbonyl (C=O) groups excluding carboxylic acids is 1. The molecule has 2 aliphatic heterocycles. The maximum absolute atomic E-state index is 12.6. The highest BCUT2D eigenvalue weighted by Crippen LogP contribution is 2.26. The van der Waals surface area contributed by atoms with Crippen LogP contribution in [-0.2, 0) is 4.74 Å². The SMILES string of the molecule is O=C(NCCCN1CCOCC1)c1ccc2ncnc(N3CCCC3)c2c1. The van der Waals surface area contributed by atoms with Crippen molar-refractivity contribution in [3.8, 4) is 0 Å². The molecule has 2 aromatic rings. The molecule has 0 atom stereocenters. The van der Waals surface area contributed by atoms with Gasteiger partial charge >= 0.3 is 0 Å². The van der Waals surface area contributed by atoms with Crippen LogP contribution in [0.5, 0.6) is 0 Å². The Morgan fingerprint density at radius 3 is 2.74 bits per heavy atom. The zero-order chi connectivity index (χ0) is 18.5. The average Bonchev–Trinajstić information content (AvgIpc) is 3.25. The molecule has 7 nitrogen and oxygen atoms in total. The Balaban J connectivity index is 1.38. The summed E-state index contributed by atoms with van der Waals surface area (Å²) in [6.45, 7) is 7.30. The Hall–Kier alpha value is -2.25. The fraction of sp³-hybridized carbons (Fsp3) is 0.550. The summed E-state index contributed by atoms with van der Waals surface area (Å²) in [5.41, 5.74) is 1.56. The van der Waals surface area contributed by atoms with Crippen molar-refractivity contribution in [3.63, 3.8) is 0 Å². The van der Waals surface area contributed by atoms with Gasteiger partial charge in [0.05, 0.1) is 18.7 Å². The Morgan fingerprint density at radius 2 is 1.93 bits per heavy atom. The minimum Gasteiger partial charge on any atom is -0.379 e. The van der Waals surface area contributed by atoms with Crippen LogP contribution >= 0.6 is 0 Å². The number of benzene rings is 1. The van der Waals surface area contributed by atoms with Crippen LogP contribution in [0, 0.1) is 0 Å². The van der Waals surface area contributed by atoms with Crippen molar-refractivity contribution in [1.29, 1.82) is 0 Å². The summed E-state index contributed by atoms with van der Waals surface area (Å²) in [5, 5.41) is 4.00. The predicted molar refractivity (Wildman–Crippen MR) is 105 cm³/mol. The van der Waals surface area contributed by atoms with E-state index in [9.17, 15) is 4.79 Å². The second-order valence-corrected chi connectivity index (χ2v) is 7.19. The first-order chi connectivity index (χ1) is 13.3. The molecule has 1 amide bonds. The third-order valence-corrected chi connectivity index (χ3v) is 5.32. The average molecular weight is 369 g/mol. The number of nitrogens with zero attached hydrogens (tertiary/aromatic N) is 4. The van der Waals surface area contributed by atoms with Crippen LogP contribution in [0.15, 0.2) is 24.5 Å². The zero-order valence-electron chi connectivity index (χ0n) is 15.7. The van der Waals surface area contributed by atoms with Gasteiger partial charge in [0, 0.05) is 43.7 Å². The number of rotatable bonds is 6. The van der Waals surface area contributed by atoms with E-state index in [4.69, 9.17) is 4.74 Å². The first kappa shape index (κ1) is 18.1. The number of morpholine rings is 1. The Morgan fingerprint density at radius 1 is 1.11 bits per heavy atom. The van der Waals surface area contributed by atoms with E-state index in [0.29, 0.717) is 12.1 Å². The van der Waals surface area contributed by atoms with E-state index in [1.165, 1.54) is 12.8 Å². The predicted octanol–water partition coefficient (Wildman–Crippen LogP) is 1.68. The zero-order valence-corrected chi connectivity index (χ0v) is 15.7. The van der Waals surface area contributed by atoms with E-state index in [0.717, 1.165) is 69.1 Å². The number of carbonyl (C=O) groups is 1. The van der Waals surface area contributed by atoms with Crippen molar-refractivity contribution in [1.82, 2.24) is 20.2 Å². The highest BCUT2D eigenvalue weighted by molar-refractivity contribution is 6.00. The van der Waals surface area contributed by atoms with Crippen molar-refractivity contribution in [2.75, 3.05) is 57.4 Å². The molecule has 7 heteroatoms. The quantitative estimate of drug-likeness (QED) is 0.782. The minimum absolute atomic E-state index is 0.0323. The summed E-state index contributed by atoms with van der Waals surface area (Å²) in [6.07, 6.45) is 4.94. The van der Waals surface area contributed by atoms with Gasteiger partial charge < -0.3 is 15.0 Å². The molecule has 0 saturated carbocycles. The third kappa shape index (κ3) is 4.36. The van der Waals surface area contributed by atoms with Gasteiger partial charge in [0.15, 0.2) is 0 Å². The van der Waals surface area contributed by atoms with Gasteiger partial charge in [0.25, 0.3) is 5.91 Å². The van der Waals surface area contributed by atoms with Gasteiger partial charge in [-0.25, -0.2) is 9.97 Å². The van der Waals surface area contributed by atoms with Gasteiger partial charge in [0.1, 0.15) is 12.1 Å². The van der Waals surface area contributed by atoms with Crippen LogP contribution in [0.4, 0.5) is 5.82 Å². The van der Waals surface area contributed by atoms with Crippen molar-refractivity contribution in [2.24, 2.45) is 0 Å². The first-order valence-electron chi connectivity index (χ1n) is 9.89. The molecule has 0 bridgehead atoms. The smallest absolute Gasteiger partial charge is 0.251 e. The Labute approximate surface area is 159 Å². The molecular weight excluding hydrogens is 342 g/mol. The van der Waals surface area contributed by atoms with Crippen molar-refractivity contribution in [2.45, 2.75) is 19.3 Å². The summed E-state index contributed by atoms with van der Waals surface area (Å²) in [4.78, 5) is 26.1. The second kappa shape index (κ2) is 8.63. The molecule has 0 radical (unpaired) electrons. The lowest BCUT2D eigenvalue weighted by Crippen LogP contribution is -2.38. The number of fused-ring (bicyclic) bond motifs is 1. The fourth-order valence-corrected chi connectivity index (χ4v) is 3.80. The number of aromatic nitrogens is 2. The van der Waals surface area contributed by atoms with Crippen LogP contribution in [0.3, 0.4) is 0 Å². The van der Waals surface area contributed by atoms with E-state index in [1.807, 2.05) is 18.2 Å². The van der Waals surface area contributed by atoms with E-state index in [2.05, 4.69) is 25.1 Å². The van der Waals surface area contributed by atoms with Crippen molar-refractivity contribution < 1.29 is 9.53 Å². The normalized spacial score (nSPS) is 18.1. The molecule has 2 saturated heterocycles. The van der Waals surface area contributed by atoms with E-state index in [-0.39, 0.29) is 5.91 Å². The fourth-order valence-electron chi connectivity index (χ4n) is 3.80. The maximum Gasteiger partial charge on any atom is 0.251 e. The molecule has 1 aromatic carbocycles. The molecule has 2 fully saturated rings. The maximum atomic E-state index is 12.6. The summed E-state index contributed by atoms with van der Waals surface area (Å²) in [7, 11) is 0. The van der Waals surface area contributed by atoms with Gasteiger partial charge in [-0.3, -0.25) is 9.69 Å². The topological polar surface area (TPSA) is 70.6 Å². The van der Waals surface area contributed by atoms with Gasteiger partial charge in [-0.1, -0.05) is 0 Å². The summed E-state index contributed by atoms with van der Waals surface area (Å²) >= 11 is 0. The number of anilines is 1. The number of amides is 1. The highest BCUT2D eigenvalue weighted by atomic mass is 16.5. The molecule has 0 aliphatic carbocycles. The molecule has 27 heavy (non-hydrogen) atoms. The van der Waals surface area contributed by atoms with Gasteiger partial charge in [-0.2, -0.15) is 0 Å². The summed E-state index contributed by atoms with van der Waals surface area (Å²) in [5.74, 6) is 0.912. The van der Waals surface area contributed by atoms with Crippen LogP contribution in [0.1, 0.15) is 29.6 Å². The van der Waals surface area contributed by atoms with Crippen molar-refractivity contribution in [3.05, 3.63) is 30.1 Å². The van der Waals surface area contributed by atoms with Crippen LogP contribution in [-0.4, -0.2) is 73.3 Å². The standard InChI is InChI=1S/C20H27N5O2/c26-20(21-6-3-7-24-10-12-27-13-11-24)16-4-5-18-17(14-16)19(23-15-22-18)25-8-1-2-9-25/h4-5,14-15H,1-3,6-13H2,(H,21,26). The van der Waals surface area contributed by atoms with Gasteiger partial charge in [-0.15, -0.1) is 0 Å². The lowest BCUT2D eigenvalue weighted by Gasteiger charge is -2.26. The van der Waals surface area contributed by atoms with Gasteiger partial charge in [0.2, 0.25) is 0 Å². The molecule has 2 aliphatic rings. The minimum atomic E-state index is -0.0323. The van der Waals surface area contributed by atoms with E-state index >= 15 is 0 Å². The molecule has 4 rings (SSSR count). The summed E-state index contributed by atoms with van der Waals surface area (Å²) in [6, 6.07) is 5.69. The largest absolute Gasteiger partial charge is 0.379 e. The number of hydrogen-bond acceptors (Lipinski definition) is 6. The van der Waals surface area contributed by atoms with E-state index < -0.39 is 0 Å². The number of nitrogens with one attached hydrogen (secondary N) is 1. The van der Waals surface area contributed by atoms with Gasteiger partial charge in [-0.05, 0) is 44.0 Å². The lowest BCUT2D eigenvalue weighted by atomic mass is 10.1. The third-order valence-electron chi connectivity index (χ3n) is 5.32. The van der Waals surface area contributed by atoms with Crippen molar-refractivity contribution >= 4 is 22.6 Å². The monoisotopic (exact) mass is 369 g/mol. The van der Waals surface area contributed by atoms with Crippen LogP contribution in [0.25, 0.3) is 10.9 Å². The summed E-state index contributed by atoms with van der Waals surface area (Å²) < 4.78 is 5.36. The second-order valence-electron chi connectivity index (χ2n) is 7.19. The lowest BCUT2D eigenvalue weighted by molar-refractivity contribution is 0.0374. The molecule has 3 heterocycles. The number of ether oxygens (including phenoxy) is 1. The van der Waals surface area contributed by atoms with Crippen LogP contribution in [0.2, 0.25) is 0 Å². The highest BCUT2D eigenvalue weighted by Gasteiger charge is 2.18. The number of hydrogen-bond donors (Lipinski definition) is 1. The van der Waals surface area contributed by atoms with Crippen LogP contribution < -0.4 is 10.2 Å². The molecule has 1 aromatic heterocycles. The molecule has 0 unspecified atom stereocenters. The molecule has 0 spiro atoms. The molecule has 1 N–H and O–H groups in total.